The Morgan fingerprint density at radius 3 is 2.94 bits per heavy atom. The van der Waals surface area contributed by atoms with Crippen molar-refractivity contribution < 1.29 is 14.7 Å². The third-order valence-electron chi connectivity index (χ3n) is 2.63. The standard InChI is InChI=1S/C12H12N2O3/c1-7(4-11(15)16)12(17)8-2-3-9-10(5-8)14-6-13-9/h2-3,5-7H,4H2,1H3,(H,13,14)(H,15,16). The Balaban J connectivity index is 2.26. The van der Waals surface area contributed by atoms with Crippen LogP contribution in [0, 0.1) is 5.92 Å². The fraction of sp³-hybridized carbons (Fsp3) is 0.250. The van der Waals surface area contributed by atoms with Crippen molar-refractivity contribution in [1.82, 2.24) is 9.97 Å². The quantitative estimate of drug-likeness (QED) is 0.788. The Bertz CT molecular complexity index is 574. The SMILES string of the molecule is CC(CC(=O)O)C(=O)c1ccc2nc[nH]c2c1. The number of nitrogens with zero attached hydrogens (tertiary/aromatic N) is 1. The van der Waals surface area contributed by atoms with Gasteiger partial charge < -0.3 is 10.1 Å². The van der Waals surface area contributed by atoms with Crippen LogP contribution in [0.25, 0.3) is 11.0 Å². The van der Waals surface area contributed by atoms with Gasteiger partial charge in [0.1, 0.15) is 0 Å². The van der Waals surface area contributed by atoms with Gasteiger partial charge in [-0.25, -0.2) is 4.98 Å². The van der Waals surface area contributed by atoms with E-state index in [0.717, 1.165) is 11.0 Å². The number of aliphatic carboxylic acids is 1. The number of carboxylic acid groups (broad SMARTS) is 1. The number of benzene rings is 1. The molecule has 0 fully saturated rings. The first-order chi connectivity index (χ1) is 8.08. The third kappa shape index (κ3) is 2.33. The van der Waals surface area contributed by atoms with Gasteiger partial charge in [0.05, 0.1) is 23.8 Å². The molecule has 1 aromatic heterocycles. The lowest BCUT2D eigenvalue weighted by atomic mass is 9.96. The maximum Gasteiger partial charge on any atom is 0.304 e. The molecule has 2 N–H and O–H groups in total. The molecule has 0 amide bonds. The molecule has 0 aliphatic carbocycles. The molecule has 0 aliphatic heterocycles. The van der Waals surface area contributed by atoms with Crippen molar-refractivity contribution in [3.05, 3.63) is 30.1 Å². The maximum absolute atomic E-state index is 11.9. The number of aromatic amines is 1. The molecule has 1 heterocycles. The Morgan fingerprint density at radius 2 is 2.24 bits per heavy atom. The van der Waals surface area contributed by atoms with Crippen LogP contribution in [0.5, 0.6) is 0 Å². The molecular weight excluding hydrogens is 220 g/mol. The molecule has 0 radical (unpaired) electrons. The Hall–Kier alpha value is -2.17. The second-order valence-electron chi connectivity index (χ2n) is 4.00. The van der Waals surface area contributed by atoms with Gasteiger partial charge in [0.2, 0.25) is 0 Å². The summed E-state index contributed by atoms with van der Waals surface area (Å²) in [5.41, 5.74) is 2.07. The topological polar surface area (TPSA) is 83.0 Å². The second kappa shape index (κ2) is 4.37. The predicted molar refractivity (Wildman–Crippen MR) is 61.8 cm³/mol. The van der Waals surface area contributed by atoms with Gasteiger partial charge in [-0.15, -0.1) is 0 Å². The number of carbonyl (C=O) groups is 2. The van der Waals surface area contributed by atoms with E-state index in [-0.39, 0.29) is 12.2 Å². The molecule has 1 unspecified atom stereocenters. The molecule has 2 rings (SSSR count). The minimum atomic E-state index is -0.964. The summed E-state index contributed by atoms with van der Waals surface area (Å²) in [7, 11) is 0. The van der Waals surface area contributed by atoms with E-state index in [2.05, 4.69) is 9.97 Å². The zero-order valence-electron chi connectivity index (χ0n) is 9.30. The van der Waals surface area contributed by atoms with Crippen molar-refractivity contribution in [3.8, 4) is 0 Å². The molecule has 17 heavy (non-hydrogen) atoms. The highest BCUT2D eigenvalue weighted by molar-refractivity contribution is 6.01. The van der Waals surface area contributed by atoms with Crippen molar-refractivity contribution >= 4 is 22.8 Å². The number of Topliss-reactive ketones (excluding diaryl/α,β-unsaturated/α-hetero) is 1. The first-order valence-corrected chi connectivity index (χ1v) is 5.27. The van der Waals surface area contributed by atoms with Crippen LogP contribution in [-0.2, 0) is 4.79 Å². The number of hydrogen-bond acceptors (Lipinski definition) is 3. The number of nitrogens with one attached hydrogen (secondary N) is 1. The number of H-pyrrole nitrogens is 1. The average molecular weight is 232 g/mol. The van der Waals surface area contributed by atoms with Crippen LogP contribution in [0.1, 0.15) is 23.7 Å². The number of aromatic nitrogens is 2. The summed E-state index contributed by atoms with van der Waals surface area (Å²) < 4.78 is 0. The average Bonchev–Trinajstić information content (AvgIpc) is 2.73. The molecular formula is C12H12N2O3. The monoisotopic (exact) mass is 232 g/mol. The number of ketones is 1. The molecule has 0 bridgehead atoms. The molecule has 88 valence electrons. The fourth-order valence-corrected chi connectivity index (χ4v) is 1.73. The molecule has 5 heteroatoms. The Kier molecular flexibility index (Phi) is 2.91. The van der Waals surface area contributed by atoms with Gasteiger partial charge in [-0.3, -0.25) is 9.59 Å². The minimum Gasteiger partial charge on any atom is -0.481 e. The van der Waals surface area contributed by atoms with E-state index in [1.165, 1.54) is 0 Å². The van der Waals surface area contributed by atoms with Gasteiger partial charge in [0.25, 0.3) is 0 Å². The zero-order chi connectivity index (χ0) is 12.4. The summed E-state index contributed by atoms with van der Waals surface area (Å²) in [5, 5.41) is 8.65. The second-order valence-corrected chi connectivity index (χ2v) is 4.00. The maximum atomic E-state index is 11.9. The molecule has 0 saturated heterocycles. The van der Waals surface area contributed by atoms with Gasteiger partial charge in [-0.05, 0) is 18.2 Å². The van der Waals surface area contributed by atoms with Crippen LogP contribution in [0.2, 0.25) is 0 Å². The van der Waals surface area contributed by atoms with Crippen molar-refractivity contribution in [2.24, 2.45) is 5.92 Å². The van der Waals surface area contributed by atoms with Crippen molar-refractivity contribution in [2.45, 2.75) is 13.3 Å². The first kappa shape index (κ1) is 11.3. The number of carboxylic acids is 1. The summed E-state index contributed by atoms with van der Waals surface area (Å²) in [6, 6.07) is 5.11. The van der Waals surface area contributed by atoms with Crippen LogP contribution in [0.15, 0.2) is 24.5 Å². The summed E-state index contributed by atoms with van der Waals surface area (Å²) in [5.74, 6) is -1.65. The van der Waals surface area contributed by atoms with Crippen LogP contribution >= 0.6 is 0 Å². The number of rotatable bonds is 4. The lowest BCUT2D eigenvalue weighted by molar-refractivity contribution is -0.137. The summed E-state index contributed by atoms with van der Waals surface area (Å²) >= 11 is 0. The summed E-state index contributed by atoms with van der Waals surface area (Å²) in [6.07, 6.45) is 1.40. The van der Waals surface area contributed by atoms with E-state index in [1.54, 1.807) is 31.5 Å². The minimum absolute atomic E-state index is 0.153. The first-order valence-electron chi connectivity index (χ1n) is 5.27. The summed E-state index contributed by atoms with van der Waals surface area (Å²) in [6.45, 7) is 1.62. The van der Waals surface area contributed by atoms with Gasteiger partial charge >= 0.3 is 5.97 Å². The van der Waals surface area contributed by atoms with Crippen LogP contribution in [-0.4, -0.2) is 26.8 Å². The normalized spacial score (nSPS) is 12.5. The number of imidazole rings is 1. The molecule has 1 aromatic carbocycles. The van der Waals surface area contributed by atoms with Crippen LogP contribution < -0.4 is 0 Å². The van der Waals surface area contributed by atoms with Crippen molar-refractivity contribution in [1.29, 1.82) is 0 Å². The summed E-state index contributed by atoms with van der Waals surface area (Å²) in [4.78, 5) is 29.5. The van der Waals surface area contributed by atoms with Crippen molar-refractivity contribution in [2.75, 3.05) is 0 Å². The van der Waals surface area contributed by atoms with Gasteiger partial charge in [-0.2, -0.15) is 0 Å². The number of carbonyl (C=O) groups excluding carboxylic acids is 1. The zero-order valence-corrected chi connectivity index (χ0v) is 9.30. The van der Waals surface area contributed by atoms with E-state index in [1.807, 2.05) is 0 Å². The highest BCUT2D eigenvalue weighted by Crippen LogP contribution is 2.16. The number of fused-ring (bicyclic) bond motifs is 1. The highest BCUT2D eigenvalue weighted by Gasteiger charge is 2.18. The lowest BCUT2D eigenvalue weighted by Crippen LogP contribution is -2.15. The van der Waals surface area contributed by atoms with E-state index in [9.17, 15) is 9.59 Å². The predicted octanol–water partition coefficient (Wildman–Crippen LogP) is 1.86. The van der Waals surface area contributed by atoms with Gasteiger partial charge in [-0.1, -0.05) is 6.92 Å². The van der Waals surface area contributed by atoms with Crippen molar-refractivity contribution in [3.63, 3.8) is 0 Å². The van der Waals surface area contributed by atoms with E-state index >= 15 is 0 Å². The fourth-order valence-electron chi connectivity index (χ4n) is 1.73. The largest absolute Gasteiger partial charge is 0.481 e. The molecule has 0 spiro atoms. The Morgan fingerprint density at radius 1 is 1.47 bits per heavy atom. The van der Waals surface area contributed by atoms with Crippen LogP contribution in [0.4, 0.5) is 0 Å². The van der Waals surface area contributed by atoms with E-state index in [4.69, 9.17) is 5.11 Å². The lowest BCUT2D eigenvalue weighted by Gasteiger charge is -2.07. The van der Waals surface area contributed by atoms with Gasteiger partial charge in [0.15, 0.2) is 5.78 Å². The van der Waals surface area contributed by atoms with E-state index in [0.29, 0.717) is 5.56 Å². The molecule has 2 aromatic rings. The highest BCUT2D eigenvalue weighted by atomic mass is 16.4. The molecule has 5 nitrogen and oxygen atoms in total. The number of hydrogen-bond donors (Lipinski definition) is 2. The molecule has 1 atom stereocenters. The van der Waals surface area contributed by atoms with Crippen LogP contribution in [0.3, 0.4) is 0 Å². The molecule has 0 saturated carbocycles. The Labute approximate surface area is 97.5 Å². The smallest absolute Gasteiger partial charge is 0.304 e. The van der Waals surface area contributed by atoms with Gasteiger partial charge in [0, 0.05) is 11.5 Å². The van der Waals surface area contributed by atoms with E-state index < -0.39 is 11.9 Å². The molecule has 0 aliphatic rings. The third-order valence-corrected chi connectivity index (χ3v) is 2.63.